The van der Waals surface area contributed by atoms with E-state index in [1.165, 1.54) is 0 Å². The minimum Gasteiger partial charge on any atom is -0.368 e. The second-order valence-electron chi connectivity index (χ2n) is 3.15. The Balaban J connectivity index is 2.03. The summed E-state index contributed by atoms with van der Waals surface area (Å²) >= 11 is 0. The standard InChI is InChI=1S/C9H18N2O2/c1-2-10-5-6-11-9(12)8-4-3-7-13-8/h8,10H,2-7H2,1H3,(H,11,12). The van der Waals surface area contributed by atoms with Crippen molar-refractivity contribution in [2.45, 2.75) is 25.9 Å². The van der Waals surface area contributed by atoms with Gasteiger partial charge >= 0.3 is 0 Å². The van der Waals surface area contributed by atoms with Gasteiger partial charge in [-0.2, -0.15) is 0 Å². The van der Waals surface area contributed by atoms with Gasteiger partial charge in [0, 0.05) is 19.7 Å². The molecule has 1 atom stereocenters. The van der Waals surface area contributed by atoms with E-state index in [-0.39, 0.29) is 12.0 Å². The summed E-state index contributed by atoms with van der Waals surface area (Å²) in [5, 5.41) is 5.97. The Labute approximate surface area is 79.0 Å². The summed E-state index contributed by atoms with van der Waals surface area (Å²) < 4.78 is 5.24. The average Bonchev–Trinajstić information content (AvgIpc) is 2.65. The van der Waals surface area contributed by atoms with E-state index < -0.39 is 0 Å². The molecule has 1 fully saturated rings. The molecule has 76 valence electrons. The zero-order valence-electron chi connectivity index (χ0n) is 8.14. The van der Waals surface area contributed by atoms with Crippen LogP contribution < -0.4 is 10.6 Å². The van der Waals surface area contributed by atoms with Gasteiger partial charge in [-0.05, 0) is 19.4 Å². The molecule has 1 amide bonds. The first-order valence-corrected chi connectivity index (χ1v) is 4.94. The van der Waals surface area contributed by atoms with Crippen molar-refractivity contribution < 1.29 is 9.53 Å². The van der Waals surface area contributed by atoms with E-state index in [1.807, 2.05) is 6.92 Å². The van der Waals surface area contributed by atoms with Crippen LogP contribution in [0, 0.1) is 0 Å². The molecule has 0 aromatic heterocycles. The summed E-state index contributed by atoms with van der Waals surface area (Å²) in [6.07, 6.45) is 1.68. The van der Waals surface area contributed by atoms with Crippen LogP contribution in [0.15, 0.2) is 0 Å². The van der Waals surface area contributed by atoms with Gasteiger partial charge in [0.25, 0.3) is 0 Å². The fraction of sp³-hybridized carbons (Fsp3) is 0.889. The highest BCUT2D eigenvalue weighted by atomic mass is 16.5. The van der Waals surface area contributed by atoms with Crippen molar-refractivity contribution in [2.75, 3.05) is 26.2 Å². The fourth-order valence-corrected chi connectivity index (χ4v) is 1.35. The zero-order chi connectivity index (χ0) is 9.52. The van der Waals surface area contributed by atoms with Crippen LogP contribution in [0.3, 0.4) is 0 Å². The van der Waals surface area contributed by atoms with E-state index in [0.717, 1.165) is 32.5 Å². The van der Waals surface area contributed by atoms with Crippen molar-refractivity contribution in [3.8, 4) is 0 Å². The second-order valence-corrected chi connectivity index (χ2v) is 3.15. The van der Waals surface area contributed by atoms with Crippen molar-refractivity contribution >= 4 is 5.91 Å². The summed E-state index contributed by atoms with van der Waals surface area (Å²) in [6, 6.07) is 0. The predicted molar refractivity (Wildman–Crippen MR) is 50.5 cm³/mol. The molecule has 13 heavy (non-hydrogen) atoms. The number of carbonyl (C=O) groups excluding carboxylic acids is 1. The van der Waals surface area contributed by atoms with Gasteiger partial charge in [0.05, 0.1) is 0 Å². The monoisotopic (exact) mass is 186 g/mol. The van der Waals surface area contributed by atoms with Gasteiger partial charge in [-0.1, -0.05) is 6.92 Å². The van der Waals surface area contributed by atoms with Crippen molar-refractivity contribution in [3.05, 3.63) is 0 Å². The summed E-state index contributed by atoms with van der Waals surface area (Å²) in [5.41, 5.74) is 0. The lowest BCUT2D eigenvalue weighted by molar-refractivity contribution is -0.129. The third-order valence-corrected chi connectivity index (χ3v) is 2.07. The van der Waals surface area contributed by atoms with Crippen molar-refractivity contribution in [1.82, 2.24) is 10.6 Å². The quantitative estimate of drug-likeness (QED) is 0.589. The number of ether oxygens (including phenoxy) is 1. The number of rotatable bonds is 5. The van der Waals surface area contributed by atoms with E-state index in [4.69, 9.17) is 4.74 Å². The molecule has 0 aliphatic carbocycles. The van der Waals surface area contributed by atoms with Crippen LogP contribution in [0.25, 0.3) is 0 Å². The van der Waals surface area contributed by atoms with E-state index >= 15 is 0 Å². The smallest absolute Gasteiger partial charge is 0.249 e. The first-order valence-electron chi connectivity index (χ1n) is 4.94. The first-order chi connectivity index (χ1) is 6.34. The molecule has 4 heteroatoms. The van der Waals surface area contributed by atoms with E-state index in [2.05, 4.69) is 10.6 Å². The van der Waals surface area contributed by atoms with E-state index in [9.17, 15) is 4.79 Å². The summed E-state index contributed by atoms with van der Waals surface area (Å²) in [6.45, 7) is 5.23. The molecule has 0 saturated carbocycles. The number of hydrogen-bond acceptors (Lipinski definition) is 3. The first kappa shape index (κ1) is 10.5. The SMILES string of the molecule is CCNCCNC(=O)C1CCCO1. The largest absolute Gasteiger partial charge is 0.368 e. The lowest BCUT2D eigenvalue weighted by Crippen LogP contribution is -2.38. The van der Waals surface area contributed by atoms with Gasteiger partial charge < -0.3 is 15.4 Å². The zero-order valence-corrected chi connectivity index (χ0v) is 8.14. The van der Waals surface area contributed by atoms with Gasteiger partial charge in [0.15, 0.2) is 0 Å². The van der Waals surface area contributed by atoms with Gasteiger partial charge in [-0.3, -0.25) is 4.79 Å². The predicted octanol–water partition coefficient (Wildman–Crippen LogP) is -0.109. The summed E-state index contributed by atoms with van der Waals surface area (Å²) in [4.78, 5) is 11.3. The molecule has 1 heterocycles. The van der Waals surface area contributed by atoms with E-state index in [0.29, 0.717) is 6.54 Å². The molecule has 2 N–H and O–H groups in total. The third-order valence-electron chi connectivity index (χ3n) is 2.07. The summed E-state index contributed by atoms with van der Waals surface area (Å²) in [5.74, 6) is 0.0374. The number of amides is 1. The maximum Gasteiger partial charge on any atom is 0.249 e. The number of nitrogens with one attached hydrogen (secondary N) is 2. The maximum absolute atomic E-state index is 11.3. The Morgan fingerprint density at radius 3 is 3.00 bits per heavy atom. The van der Waals surface area contributed by atoms with E-state index in [1.54, 1.807) is 0 Å². The molecule has 0 radical (unpaired) electrons. The van der Waals surface area contributed by atoms with Crippen molar-refractivity contribution in [2.24, 2.45) is 0 Å². The Hall–Kier alpha value is -0.610. The third kappa shape index (κ3) is 3.74. The van der Waals surface area contributed by atoms with Crippen molar-refractivity contribution in [3.63, 3.8) is 0 Å². The van der Waals surface area contributed by atoms with Crippen LogP contribution in [-0.2, 0) is 9.53 Å². The molecular weight excluding hydrogens is 168 g/mol. The lowest BCUT2D eigenvalue weighted by atomic mass is 10.2. The maximum atomic E-state index is 11.3. The molecule has 1 unspecified atom stereocenters. The Morgan fingerprint density at radius 1 is 1.54 bits per heavy atom. The summed E-state index contributed by atoms with van der Waals surface area (Å²) in [7, 11) is 0. The number of carbonyl (C=O) groups is 1. The van der Waals surface area contributed by atoms with Crippen molar-refractivity contribution in [1.29, 1.82) is 0 Å². The van der Waals surface area contributed by atoms with Crippen LogP contribution in [0.2, 0.25) is 0 Å². The van der Waals surface area contributed by atoms with Gasteiger partial charge in [0.1, 0.15) is 6.10 Å². The molecule has 0 bridgehead atoms. The molecule has 1 rings (SSSR count). The molecule has 1 aliphatic heterocycles. The molecule has 1 aliphatic rings. The lowest BCUT2D eigenvalue weighted by Gasteiger charge is -2.10. The number of likely N-dealkylation sites (N-methyl/N-ethyl adjacent to an activating group) is 1. The Morgan fingerprint density at radius 2 is 2.38 bits per heavy atom. The van der Waals surface area contributed by atoms with Gasteiger partial charge in [-0.25, -0.2) is 0 Å². The number of hydrogen-bond donors (Lipinski definition) is 2. The van der Waals surface area contributed by atoms with Crippen LogP contribution in [0.4, 0.5) is 0 Å². The molecule has 4 nitrogen and oxygen atoms in total. The highest BCUT2D eigenvalue weighted by molar-refractivity contribution is 5.80. The topological polar surface area (TPSA) is 50.4 Å². The van der Waals surface area contributed by atoms with Crippen LogP contribution in [-0.4, -0.2) is 38.3 Å². The normalized spacial score (nSPS) is 21.8. The van der Waals surface area contributed by atoms with Crippen LogP contribution >= 0.6 is 0 Å². The van der Waals surface area contributed by atoms with Gasteiger partial charge in [-0.15, -0.1) is 0 Å². The average molecular weight is 186 g/mol. The molecule has 0 aromatic rings. The van der Waals surface area contributed by atoms with Crippen LogP contribution in [0.1, 0.15) is 19.8 Å². The minimum atomic E-state index is -0.193. The molecule has 0 spiro atoms. The fourth-order valence-electron chi connectivity index (χ4n) is 1.35. The second kappa shape index (κ2) is 5.94. The van der Waals surface area contributed by atoms with Gasteiger partial charge in [0.2, 0.25) is 5.91 Å². The molecule has 1 saturated heterocycles. The highest BCUT2D eigenvalue weighted by Crippen LogP contribution is 2.11. The minimum absolute atomic E-state index is 0.0374. The van der Waals surface area contributed by atoms with Crippen LogP contribution in [0.5, 0.6) is 0 Å². The Bertz CT molecular complexity index is 156. The molecular formula is C9H18N2O2. The highest BCUT2D eigenvalue weighted by Gasteiger charge is 2.22. The molecule has 0 aromatic carbocycles. The Kier molecular flexibility index (Phi) is 4.78.